The largest absolute Gasteiger partial charge is 0.496 e. The van der Waals surface area contributed by atoms with E-state index in [1.54, 1.807) is 11.8 Å². The van der Waals surface area contributed by atoms with Gasteiger partial charge < -0.3 is 10.1 Å². The van der Waals surface area contributed by atoms with Crippen molar-refractivity contribution in [2.45, 2.75) is 6.54 Å². The topological polar surface area (TPSA) is 39.1 Å². The number of aryl methyl sites for hydroxylation is 1. The molecule has 0 radical (unpaired) electrons. The lowest BCUT2D eigenvalue weighted by molar-refractivity contribution is 0.411. The molecule has 0 saturated heterocycles. The van der Waals surface area contributed by atoms with Crippen LogP contribution in [0.5, 0.6) is 5.75 Å². The molecule has 1 aromatic heterocycles. The number of anilines is 1. The molecule has 0 saturated carbocycles. The van der Waals surface area contributed by atoms with Crippen LogP contribution in [0.1, 0.15) is 5.56 Å². The van der Waals surface area contributed by atoms with Crippen molar-refractivity contribution >= 4 is 16.5 Å². The quantitative estimate of drug-likeness (QED) is 0.789. The van der Waals surface area contributed by atoms with Crippen molar-refractivity contribution < 1.29 is 4.74 Å². The zero-order valence-corrected chi connectivity index (χ0v) is 11.6. The van der Waals surface area contributed by atoms with Crippen molar-refractivity contribution in [3.8, 4) is 5.75 Å². The van der Waals surface area contributed by atoms with Crippen molar-refractivity contribution in [2.75, 3.05) is 12.4 Å². The third kappa shape index (κ3) is 2.32. The van der Waals surface area contributed by atoms with Crippen LogP contribution in [0.25, 0.3) is 10.8 Å². The molecule has 0 aliphatic carbocycles. The molecule has 0 spiro atoms. The zero-order valence-electron chi connectivity index (χ0n) is 11.6. The summed E-state index contributed by atoms with van der Waals surface area (Å²) in [6, 6.07) is 12.4. The van der Waals surface area contributed by atoms with Gasteiger partial charge in [0.2, 0.25) is 0 Å². The van der Waals surface area contributed by atoms with E-state index in [-0.39, 0.29) is 0 Å². The Balaban J connectivity index is 1.96. The standard InChI is InChI=1S/C16H17N3O/c1-19-11-13(9-18-19)17-10-15-14-6-4-3-5-12(14)7-8-16(15)20-2/h3-9,11,17H,10H2,1-2H3. The number of benzene rings is 2. The lowest BCUT2D eigenvalue weighted by atomic mass is 10.0. The van der Waals surface area contributed by atoms with E-state index >= 15 is 0 Å². The fourth-order valence-electron chi connectivity index (χ4n) is 2.39. The number of methoxy groups -OCH3 is 1. The van der Waals surface area contributed by atoms with Gasteiger partial charge in [-0.15, -0.1) is 0 Å². The first-order chi connectivity index (χ1) is 9.78. The van der Waals surface area contributed by atoms with Crippen LogP contribution < -0.4 is 10.1 Å². The number of fused-ring (bicyclic) bond motifs is 1. The SMILES string of the molecule is COc1ccc2ccccc2c1CNc1cnn(C)c1. The van der Waals surface area contributed by atoms with Crippen molar-refractivity contribution in [2.24, 2.45) is 7.05 Å². The molecule has 3 rings (SSSR count). The molecule has 0 unspecified atom stereocenters. The number of ether oxygens (including phenoxy) is 1. The predicted octanol–water partition coefficient (Wildman–Crippen LogP) is 3.19. The molecule has 1 heterocycles. The first-order valence-corrected chi connectivity index (χ1v) is 6.55. The molecule has 20 heavy (non-hydrogen) atoms. The second-order valence-electron chi connectivity index (χ2n) is 4.72. The normalized spacial score (nSPS) is 10.7. The molecule has 4 nitrogen and oxygen atoms in total. The van der Waals surface area contributed by atoms with Crippen LogP contribution in [0.4, 0.5) is 5.69 Å². The van der Waals surface area contributed by atoms with Crippen LogP contribution in [0, 0.1) is 0 Å². The van der Waals surface area contributed by atoms with Gasteiger partial charge in [-0.05, 0) is 16.8 Å². The number of nitrogens with zero attached hydrogens (tertiary/aromatic N) is 2. The Bertz CT molecular complexity index is 733. The average molecular weight is 267 g/mol. The van der Waals surface area contributed by atoms with E-state index in [9.17, 15) is 0 Å². The summed E-state index contributed by atoms with van der Waals surface area (Å²) in [6.07, 6.45) is 3.77. The summed E-state index contributed by atoms with van der Waals surface area (Å²) in [7, 11) is 3.61. The van der Waals surface area contributed by atoms with Crippen molar-refractivity contribution in [1.29, 1.82) is 0 Å². The highest BCUT2D eigenvalue weighted by atomic mass is 16.5. The summed E-state index contributed by atoms with van der Waals surface area (Å²) in [5.41, 5.74) is 2.16. The van der Waals surface area contributed by atoms with Gasteiger partial charge in [0.05, 0.1) is 19.0 Å². The molecule has 3 aromatic rings. The van der Waals surface area contributed by atoms with Gasteiger partial charge in [0.25, 0.3) is 0 Å². The van der Waals surface area contributed by atoms with Gasteiger partial charge in [0.15, 0.2) is 0 Å². The molecule has 2 aromatic carbocycles. The molecule has 0 aliphatic rings. The maximum atomic E-state index is 5.49. The third-order valence-electron chi connectivity index (χ3n) is 3.39. The highest BCUT2D eigenvalue weighted by molar-refractivity contribution is 5.88. The summed E-state index contributed by atoms with van der Waals surface area (Å²) < 4.78 is 7.27. The minimum atomic E-state index is 0.705. The summed E-state index contributed by atoms with van der Waals surface area (Å²) in [4.78, 5) is 0. The Labute approximate surface area is 118 Å². The molecular formula is C16H17N3O. The Morgan fingerprint density at radius 3 is 2.80 bits per heavy atom. The molecular weight excluding hydrogens is 250 g/mol. The van der Waals surface area contributed by atoms with Gasteiger partial charge in [-0.2, -0.15) is 5.10 Å². The minimum Gasteiger partial charge on any atom is -0.496 e. The fourth-order valence-corrected chi connectivity index (χ4v) is 2.39. The Hall–Kier alpha value is -2.49. The second-order valence-corrected chi connectivity index (χ2v) is 4.72. The number of hydrogen-bond donors (Lipinski definition) is 1. The minimum absolute atomic E-state index is 0.705. The summed E-state index contributed by atoms with van der Waals surface area (Å²) >= 11 is 0. The van der Waals surface area contributed by atoms with Crippen molar-refractivity contribution in [1.82, 2.24) is 9.78 Å². The maximum absolute atomic E-state index is 5.49. The second kappa shape index (κ2) is 5.25. The van der Waals surface area contributed by atoms with Crippen LogP contribution in [0.2, 0.25) is 0 Å². The predicted molar refractivity (Wildman–Crippen MR) is 81.0 cm³/mol. The molecule has 0 bridgehead atoms. The van der Waals surface area contributed by atoms with Gasteiger partial charge >= 0.3 is 0 Å². The zero-order chi connectivity index (χ0) is 13.9. The Morgan fingerprint density at radius 2 is 2.05 bits per heavy atom. The van der Waals surface area contributed by atoms with Crippen LogP contribution in [0.15, 0.2) is 48.8 Å². The lowest BCUT2D eigenvalue weighted by Gasteiger charge is -2.12. The Morgan fingerprint density at radius 1 is 1.20 bits per heavy atom. The van der Waals surface area contributed by atoms with E-state index in [4.69, 9.17) is 4.74 Å². The van der Waals surface area contributed by atoms with Gasteiger partial charge in [0.1, 0.15) is 5.75 Å². The van der Waals surface area contributed by atoms with E-state index in [1.807, 2.05) is 31.6 Å². The molecule has 102 valence electrons. The van der Waals surface area contributed by atoms with Crippen LogP contribution >= 0.6 is 0 Å². The smallest absolute Gasteiger partial charge is 0.124 e. The molecule has 0 atom stereocenters. The Kier molecular flexibility index (Phi) is 3.29. The highest BCUT2D eigenvalue weighted by Crippen LogP contribution is 2.28. The van der Waals surface area contributed by atoms with Gasteiger partial charge in [-0.3, -0.25) is 4.68 Å². The lowest BCUT2D eigenvalue weighted by Crippen LogP contribution is -2.02. The van der Waals surface area contributed by atoms with Crippen molar-refractivity contribution in [3.63, 3.8) is 0 Å². The van der Waals surface area contributed by atoms with Crippen LogP contribution in [-0.2, 0) is 13.6 Å². The first kappa shape index (κ1) is 12.5. The summed E-state index contributed by atoms with van der Waals surface area (Å²) in [5.74, 6) is 0.903. The number of hydrogen-bond acceptors (Lipinski definition) is 3. The molecule has 1 N–H and O–H groups in total. The highest BCUT2D eigenvalue weighted by Gasteiger charge is 2.08. The van der Waals surface area contributed by atoms with E-state index in [1.165, 1.54) is 10.8 Å². The number of rotatable bonds is 4. The van der Waals surface area contributed by atoms with Crippen LogP contribution in [0.3, 0.4) is 0 Å². The summed E-state index contributed by atoms with van der Waals surface area (Å²) in [5, 5.41) is 9.97. The van der Waals surface area contributed by atoms with Crippen molar-refractivity contribution in [3.05, 3.63) is 54.4 Å². The fraction of sp³-hybridized carbons (Fsp3) is 0.188. The third-order valence-corrected chi connectivity index (χ3v) is 3.39. The number of aromatic nitrogens is 2. The van der Waals surface area contributed by atoms with Crippen LogP contribution in [-0.4, -0.2) is 16.9 Å². The molecule has 0 aliphatic heterocycles. The van der Waals surface area contributed by atoms with Gasteiger partial charge in [-0.1, -0.05) is 30.3 Å². The van der Waals surface area contributed by atoms with E-state index in [2.05, 4.69) is 34.7 Å². The van der Waals surface area contributed by atoms with Gasteiger partial charge in [0, 0.05) is 25.4 Å². The molecule has 0 fully saturated rings. The van der Waals surface area contributed by atoms with Gasteiger partial charge in [-0.25, -0.2) is 0 Å². The first-order valence-electron chi connectivity index (χ1n) is 6.55. The maximum Gasteiger partial charge on any atom is 0.124 e. The average Bonchev–Trinajstić information content (AvgIpc) is 2.90. The monoisotopic (exact) mass is 267 g/mol. The number of nitrogens with one attached hydrogen (secondary N) is 1. The van der Waals surface area contributed by atoms with E-state index in [0.717, 1.165) is 17.0 Å². The summed E-state index contributed by atoms with van der Waals surface area (Å²) in [6.45, 7) is 0.705. The molecule has 0 amide bonds. The van der Waals surface area contributed by atoms with E-state index in [0.29, 0.717) is 6.54 Å². The molecule has 4 heteroatoms. The van der Waals surface area contributed by atoms with E-state index < -0.39 is 0 Å².